The van der Waals surface area contributed by atoms with Crippen molar-refractivity contribution in [1.29, 1.82) is 0 Å². The minimum Gasteiger partial charge on any atom is -0.487 e. The molecule has 8 nitrogen and oxygen atoms in total. The van der Waals surface area contributed by atoms with Crippen LogP contribution in [-0.4, -0.2) is 37.1 Å². The van der Waals surface area contributed by atoms with Crippen molar-refractivity contribution in [2.24, 2.45) is 0 Å². The van der Waals surface area contributed by atoms with Crippen molar-refractivity contribution < 1.29 is 24.5 Å². The van der Waals surface area contributed by atoms with Gasteiger partial charge in [-0.1, -0.05) is 17.3 Å². The monoisotopic (exact) mass is 305 g/mol. The number of aromatic nitrogens is 3. The van der Waals surface area contributed by atoms with Crippen LogP contribution >= 0.6 is 0 Å². The molecule has 0 spiro atoms. The van der Waals surface area contributed by atoms with Gasteiger partial charge in [0.1, 0.15) is 24.6 Å². The van der Waals surface area contributed by atoms with Gasteiger partial charge in [-0.3, -0.25) is 4.79 Å². The lowest BCUT2D eigenvalue weighted by atomic mass is 10.1. The molecule has 0 fully saturated rings. The number of aromatic carboxylic acids is 1. The van der Waals surface area contributed by atoms with E-state index in [1.165, 1.54) is 0 Å². The number of aliphatic carboxylic acids is 1. The zero-order valence-corrected chi connectivity index (χ0v) is 12.1. The van der Waals surface area contributed by atoms with Crippen LogP contribution in [0.1, 0.15) is 27.3 Å². The minimum atomic E-state index is -1.28. The van der Waals surface area contributed by atoms with Gasteiger partial charge in [0.25, 0.3) is 0 Å². The van der Waals surface area contributed by atoms with Crippen LogP contribution in [0.5, 0.6) is 5.75 Å². The maximum atomic E-state index is 11.1. The van der Waals surface area contributed by atoms with E-state index in [1.807, 2.05) is 26.0 Å². The molecule has 0 radical (unpaired) electrons. The second-order valence-corrected chi connectivity index (χ2v) is 4.73. The fourth-order valence-corrected chi connectivity index (χ4v) is 1.92. The summed E-state index contributed by atoms with van der Waals surface area (Å²) >= 11 is 0. The van der Waals surface area contributed by atoms with Gasteiger partial charge in [0, 0.05) is 0 Å². The Morgan fingerprint density at radius 2 is 2.00 bits per heavy atom. The molecule has 0 aliphatic rings. The van der Waals surface area contributed by atoms with Gasteiger partial charge >= 0.3 is 11.9 Å². The number of benzene rings is 1. The van der Waals surface area contributed by atoms with E-state index in [1.54, 1.807) is 6.07 Å². The number of carboxylic acid groups (broad SMARTS) is 2. The first-order chi connectivity index (χ1) is 10.4. The highest BCUT2D eigenvalue weighted by atomic mass is 16.5. The third kappa shape index (κ3) is 3.22. The van der Waals surface area contributed by atoms with Crippen molar-refractivity contribution in [1.82, 2.24) is 15.0 Å². The highest BCUT2D eigenvalue weighted by molar-refractivity contribution is 5.86. The number of nitrogens with zero attached hydrogens (tertiary/aromatic N) is 3. The van der Waals surface area contributed by atoms with E-state index in [-0.39, 0.29) is 18.0 Å². The number of aryl methyl sites for hydroxylation is 1. The summed E-state index contributed by atoms with van der Waals surface area (Å²) in [5, 5.41) is 25.0. The van der Waals surface area contributed by atoms with E-state index >= 15 is 0 Å². The number of rotatable bonds is 6. The van der Waals surface area contributed by atoms with Crippen LogP contribution < -0.4 is 4.74 Å². The van der Waals surface area contributed by atoms with Crippen LogP contribution in [-0.2, 0) is 17.9 Å². The molecular formula is C14H15N3O5. The quantitative estimate of drug-likeness (QED) is 0.825. The van der Waals surface area contributed by atoms with Gasteiger partial charge < -0.3 is 14.9 Å². The highest BCUT2D eigenvalue weighted by Crippen LogP contribution is 2.22. The summed E-state index contributed by atoms with van der Waals surface area (Å²) in [5.74, 6) is -1.83. The van der Waals surface area contributed by atoms with Crippen molar-refractivity contribution in [2.45, 2.75) is 27.0 Å². The predicted molar refractivity (Wildman–Crippen MR) is 74.9 cm³/mol. The van der Waals surface area contributed by atoms with E-state index in [9.17, 15) is 9.59 Å². The summed E-state index contributed by atoms with van der Waals surface area (Å²) in [6.07, 6.45) is 0. The smallest absolute Gasteiger partial charge is 0.358 e. The van der Waals surface area contributed by atoms with Crippen molar-refractivity contribution in [2.75, 3.05) is 0 Å². The second-order valence-electron chi connectivity index (χ2n) is 4.73. The van der Waals surface area contributed by atoms with Crippen molar-refractivity contribution in [3.05, 3.63) is 40.7 Å². The lowest BCUT2D eigenvalue weighted by molar-refractivity contribution is -0.138. The lowest BCUT2D eigenvalue weighted by Gasteiger charge is -2.11. The summed E-state index contributed by atoms with van der Waals surface area (Å²) < 4.78 is 6.63. The fraction of sp³-hybridized carbons (Fsp3) is 0.286. The van der Waals surface area contributed by atoms with Gasteiger partial charge in [-0.25, -0.2) is 9.48 Å². The van der Waals surface area contributed by atoms with E-state index in [2.05, 4.69) is 10.3 Å². The SMILES string of the molecule is Cc1cccc(OCc2c(C(=O)O)nnn2CC(=O)O)c1C. The number of hydrogen-bond acceptors (Lipinski definition) is 5. The molecule has 0 atom stereocenters. The Morgan fingerprint density at radius 1 is 1.27 bits per heavy atom. The van der Waals surface area contributed by atoms with Gasteiger partial charge in [0.2, 0.25) is 0 Å². The summed E-state index contributed by atoms with van der Waals surface area (Å²) in [6, 6.07) is 5.51. The first-order valence-corrected chi connectivity index (χ1v) is 6.46. The van der Waals surface area contributed by atoms with Gasteiger partial charge in [0.15, 0.2) is 5.69 Å². The van der Waals surface area contributed by atoms with Crippen molar-refractivity contribution in [3.8, 4) is 5.75 Å². The van der Waals surface area contributed by atoms with Gasteiger partial charge in [-0.2, -0.15) is 0 Å². The van der Waals surface area contributed by atoms with E-state index in [0.717, 1.165) is 15.8 Å². The third-order valence-electron chi connectivity index (χ3n) is 3.24. The molecule has 22 heavy (non-hydrogen) atoms. The molecule has 0 aliphatic heterocycles. The second kappa shape index (κ2) is 6.25. The molecule has 8 heteroatoms. The van der Waals surface area contributed by atoms with Gasteiger partial charge in [-0.05, 0) is 31.0 Å². The molecular weight excluding hydrogens is 290 g/mol. The third-order valence-corrected chi connectivity index (χ3v) is 3.24. The van der Waals surface area contributed by atoms with Gasteiger partial charge in [0.05, 0.1) is 0 Å². The number of carbonyl (C=O) groups is 2. The summed E-state index contributed by atoms with van der Waals surface area (Å²) in [5.41, 5.74) is 1.76. The molecule has 0 amide bonds. The Balaban J connectivity index is 2.27. The fourth-order valence-electron chi connectivity index (χ4n) is 1.92. The molecule has 1 aromatic heterocycles. The lowest BCUT2D eigenvalue weighted by Crippen LogP contribution is -2.16. The Labute approximate surface area is 125 Å². The molecule has 116 valence electrons. The largest absolute Gasteiger partial charge is 0.487 e. The maximum absolute atomic E-state index is 11.1. The molecule has 0 bridgehead atoms. The van der Waals surface area contributed by atoms with Crippen LogP contribution in [0, 0.1) is 13.8 Å². The summed E-state index contributed by atoms with van der Waals surface area (Å²) in [4.78, 5) is 21.9. The maximum Gasteiger partial charge on any atom is 0.358 e. The van der Waals surface area contributed by atoms with Crippen LogP contribution in [0.25, 0.3) is 0 Å². The molecule has 0 aliphatic carbocycles. The minimum absolute atomic E-state index is 0.107. The van der Waals surface area contributed by atoms with Crippen LogP contribution in [0.4, 0.5) is 0 Å². The van der Waals surface area contributed by atoms with E-state index < -0.39 is 18.5 Å². The van der Waals surface area contributed by atoms with Crippen molar-refractivity contribution >= 4 is 11.9 Å². The number of ether oxygens (including phenoxy) is 1. The highest BCUT2D eigenvalue weighted by Gasteiger charge is 2.21. The molecule has 2 N–H and O–H groups in total. The molecule has 0 unspecified atom stereocenters. The molecule has 1 heterocycles. The van der Waals surface area contributed by atoms with Gasteiger partial charge in [-0.15, -0.1) is 5.10 Å². The molecule has 0 saturated carbocycles. The Kier molecular flexibility index (Phi) is 4.40. The van der Waals surface area contributed by atoms with E-state index in [4.69, 9.17) is 14.9 Å². The first-order valence-electron chi connectivity index (χ1n) is 6.46. The van der Waals surface area contributed by atoms with E-state index in [0.29, 0.717) is 5.75 Å². The zero-order valence-electron chi connectivity index (χ0n) is 12.1. The predicted octanol–water partition coefficient (Wildman–Crippen LogP) is 1.26. The molecule has 0 saturated heterocycles. The Bertz CT molecular complexity index is 723. The standard InChI is InChI=1S/C14H15N3O5/c1-8-4-3-5-11(9(8)2)22-7-10-13(14(20)21)15-16-17(10)6-12(18)19/h3-5H,6-7H2,1-2H3,(H,18,19)(H,20,21). The van der Waals surface area contributed by atoms with Crippen LogP contribution in [0.2, 0.25) is 0 Å². The Morgan fingerprint density at radius 3 is 2.64 bits per heavy atom. The molecule has 2 rings (SSSR count). The average Bonchev–Trinajstić information content (AvgIpc) is 2.83. The molecule has 1 aromatic carbocycles. The normalized spacial score (nSPS) is 10.5. The Hall–Kier alpha value is -2.90. The number of hydrogen-bond donors (Lipinski definition) is 2. The molecule has 2 aromatic rings. The van der Waals surface area contributed by atoms with Crippen molar-refractivity contribution in [3.63, 3.8) is 0 Å². The first kappa shape index (κ1) is 15.5. The van der Waals surface area contributed by atoms with Crippen LogP contribution in [0.15, 0.2) is 18.2 Å². The summed E-state index contributed by atoms with van der Waals surface area (Å²) in [6.45, 7) is 3.20. The topological polar surface area (TPSA) is 115 Å². The van der Waals surface area contributed by atoms with Crippen LogP contribution in [0.3, 0.4) is 0 Å². The zero-order chi connectivity index (χ0) is 16.3. The average molecular weight is 305 g/mol. The summed E-state index contributed by atoms with van der Waals surface area (Å²) in [7, 11) is 0. The number of carboxylic acids is 2.